The van der Waals surface area contributed by atoms with Crippen LogP contribution in [0.2, 0.25) is 0 Å². The van der Waals surface area contributed by atoms with E-state index in [0.29, 0.717) is 5.92 Å². The van der Waals surface area contributed by atoms with Gasteiger partial charge in [-0.15, -0.1) is 0 Å². The van der Waals surface area contributed by atoms with Crippen LogP contribution in [0, 0.1) is 10.7 Å². The summed E-state index contributed by atoms with van der Waals surface area (Å²) in [6, 6.07) is 0. The van der Waals surface area contributed by atoms with E-state index in [1.165, 1.54) is 13.0 Å². The molecular formula is C11H19N3OS. The largest absolute Gasteiger partial charge is 0.390 e. The summed E-state index contributed by atoms with van der Waals surface area (Å²) in [5.74, 6) is 0.660. The third-order valence-corrected chi connectivity index (χ3v) is 3.71. The Morgan fingerprint density at radius 3 is 3.06 bits per heavy atom. The summed E-state index contributed by atoms with van der Waals surface area (Å²) in [5.41, 5.74) is 0.889. The number of nitrogens with zero attached hydrogens (tertiary/aromatic N) is 2. The zero-order valence-electron chi connectivity index (χ0n) is 9.65. The van der Waals surface area contributed by atoms with E-state index >= 15 is 0 Å². The second-order valence-corrected chi connectivity index (χ2v) is 4.79. The van der Waals surface area contributed by atoms with Crippen LogP contribution in [-0.2, 0) is 13.2 Å². The SMILES string of the molecule is CCN1CCC(Cn2c(CO)c[nH]c2=S)C1. The smallest absolute Gasteiger partial charge is 0.177 e. The van der Waals surface area contributed by atoms with E-state index in [2.05, 4.69) is 16.8 Å². The zero-order valence-corrected chi connectivity index (χ0v) is 10.5. The second-order valence-electron chi connectivity index (χ2n) is 4.40. The highest BCUT2D eigenvalue weighted by molar-refractivity contribution is 7.71. The highest BCUT2D eigenvalue weighted by atomic mass is 32.1. The van der Waals surface area contributed by atoms with E-state index in [9.17, 15) is 5.11 Å². The van der Waals surface area contributed by atoms with Crippen molar-refractivity contribution in [2.45, 2.75) is 26.5 Å². The van der Waals surface area contributed by atoms with E-state index < -0.39 is 0 Å². The fourth-order valence-electron chi connectivity index (χ4n) is 2.37. The number of imidazole rings is 1. The summed E-state index contributed by atoms with van der Waals surface area (Å²) in [6.45, 7) is 6.64. The number of nitrogens with one attached hydrogen (secondary N) is 1. The summed E-state index contributed by atoms with van der Waals surface area (Å²) < 4.78 is 2.75. The van der Waals surface area contributed by atoms with Gasteiger partial charge in [0.2, 0.25) is 0 Å². The molecule has 0 spiro atoms. The first-order valence-corrected chi connectivity index (χ1v) is 6.25. The van der Waals surface area contributed by atoms with Crippen molar-refractivity contribution >= 4 is 12.2 Å². The Bertz CT molecular complexity index is 398. The number of H-pyrrole nitrogens is 1. The molecule has 2 N–H and O–H groups in total. The molecule has 1 aliphatic rings. The topological polar surface area (TPSA) is 44.2 Å². The lowest BCUT2D eigenvalue weighted by molar-refractivity contribution is 0.265. The van der Waals surface area contributed by atoms with Crippen LogP contribution >= 0.6 is 12.2 Å². The lowest BCUT2D eigenvalue weighted by atomic mass is 10.1. The maximum absolute atomic E-state index is 9.21. The molecule has 1 atom stereocenters. The minimum Gasteiger partial charge on any atom is -0.390 e. The summed E-state index contributed by atoms with van der Waals surface area (Å²) >= 11 is 5.21. The fourth-order valence-corrected chi connectivity index (χ4v) is 2.62. The van der Waals surface area contributed by atoms with Crippen LogP contribution < -0.4 is 0 Å². The van der Waals surface area contributed by atoms with Crippen LogP contribution in [0.3, 0.4) is 0 Å². The first-order chi connectivity index (χ1) is 7.74. The van der Waals surface area contributed by atoms with Gasteiger partial charge in [-0.2, -0.15) is 0 Å². The summed E-state index contributed by atoms with van der Waals surface area (Å²) in [7, 11) is 0. The van der Waals surface area contributed by atoms with E-state index in [1.807, 2.05) is 4.57 Å². The van der Waals surface area contributed by atoms with Crippen LogP contribution in [0.15, 0.2) is 6.20 Å². The molecule has 1 unspecified atom stereocenters. The molecule has 0 aliphatic carbocycles. The Morgan fingerprint density at radius 1 is 1.62 bits per heavy atom. The Labute approximate surface area is 101 Å². The van der Waals surface area contributed by atoms with E-state index in [4.69, 9.17) is 12.2 Å². The molecule has 1 saturated heterocycles. The Balaban J connectivity index is 2.04. The van der Waals surface area contributed by atoms with Gasteiger partial charge in [-0.3, -0.25) is 0 Å². The zero-order chi connectivity index (χ0) is 11.5. The van der Waals surface area contributed by atoms with Gasteiger partial charge in [0.15, 0.2) is 4.77 Å². The molecular weight excluding hydrogens is 222 g/mol. The summed E-state index contributed by atoms with van der Waals surface area (Å²) in [5, 5.41) is 9.21. The lowest BCUT2D eigenvalue weighted by Gasteiger charge is -2.14. The van der Waals surface area contributed by atoms with E-state index in [1.54, 1.807) is 6.20 Å². The molecule has 1 aromatic heterocycles. The van der Waals surface area contributed by atoms with Gasteiger partial charge in [0.05, 0.1) is 12.3 Å². The first kappa shape index (κ1) is 11.8. The average Bonchev–Trinajstić information content (AvgIpc) is 2.88. The number of aromatic nitrogens is 2. The van der Waals surface area contributed by atoms with Crippen molar-refractivity contribution in [3.63, 3.8) is 0 Å². The number of rotatable bonds is 4. The molecule has 0 bridgehead atoms. The third-order valence-electron chi connectivity index (χ3n) is 3.37. The molecule has 0 radical (unpaired) electrons. The van der Waals surface area contributed by atoms with Crippen LogP contribution in [0.4, 0.5) is 0 Å². The molecule has 0 amide bonds. The van der Waals surface area contributed by atoms with Crippen molar-refractivity contribution in [1.29, 1.82) is 0 Å². The van der Waals surface area contributed by atoms with Crippen LogP contribution in [0.25, 0.3) is 0 Å². The maximum Gasteiger partial charge on any atom is 0.177 e. The number of hydrogen-bond acceptors (Lipinski definition) is 3. The highest BCUT2D eigenvalue weighted by Crippen LogP contribution is 2.18. The Kier molecular flexibility index (Phi) is 3.78. The molecule has 1 fully saturated rings. The van der Waals surface area contributed by atoms with Gasteiger partial charge < -0.3 is 19.6 Å². The molecule has 2 heterocycles. The molecule has 0 aromatic carbocycles. The van der Waals surface area contributed by atoms with Crippen molar-refractivity contribution < 1.29 is 5.11 Å². The average molecular weight is 241 g/mol. The van der Waals surface area contributed by atoms with Crippen molar-refractivity contribution in [1.82, 2.24) is 14.5 Å². The van der Waals surface area contributed by atoms with Crippen molar-refractivity contribution in [3.8, 4) is 0 Å². The fraction of sp³-hybridized carbons (Fsp3) is 0.727. The maximum atomic E-state index is 9.21. The predicted molar refractivity (Wildman–Crippen MR) is 65.8 cm³/mol. The standard InChI is InChI=1S/C11H19N3OS/c1-2-13-4-3-9(6-13)7-14-10(8-15)5-12-11(14)16/h5,9,15H,2-4,6-8H2,1H3,(H,12,16). The number of likely N-dealkylation sites (tertiary alicyclic amines) is 1. The number of hydrogen-bond donors (Lipinski definition) is 2. The normalized spacial score (nSPS) is 21.8. The predicted octanol–water partition coefficient (Wildman–Crippen LogP) is 1.38. The van der Waals surface area contributed by atoms with Gasteiger partial charge in [-0.1, -0.05) is 6.92 Å². The van der Waals surface area contributed by atoms with Gasteiger partial charge in [-0.05, 0) is 37.6 Å². The minimum absolute atomic E-state index is 0.0529. The highest BCUT2D eigenvalue weighted by Gasteiger charge is 2.22. The molecule has 5 heteroatoms. The molecule has 2 rings (SSSR count). The lowest BCUT2D eigenvalue weighted by Crippen LogP contribution is -2.21. The molecule has 1 aliphatic heterocycles. The third kappa shape index (κ3) is 2.36. The van der Waals surface area contributed by atoms with Crippen LogP contribution in [-0.4, -0.2) is 39.2 Å². The van der Waals surface area contributed by atoms with Crippen molar-refractivity contribution in [2.75, 3.05) is 19.6 Å². The van der Waals surface area contributed by atoms with Gasteiger partial charge in [0, 0.05) is 19.3 Å². The molecule has 90 valence electrons. The molecule has 1 aromatic rings. The monoisotopic (exact) mass is 241 g/mol. The number of aliphatic hydroxyl groups is 1. The van der Waals surface area contributed by atoms with Gasteiger partial charge in [0.25, 0.3) is 0 Å². The van der Waals surface area contributed by atoms with E-state index in [0.717, 1.165) is 30.1 Å². The summed E-state index contributed by atoms with van der Waals surface area (Å²) in [6.07, 6.45) is 3.03. The second kappa shape index (κ2) is 5.12. The first-order valence-electron chi connectivity index (χ1n) is 5.85. The Hall–Kier alpha value is -0.650. The number of aromatic amines is 1. The van der Waals surface area contributed by atoms with Gasteiger partial charge in [0.1, 0.15) is 0 Å². The van der Waals surface area contributed by atoms with Crippen molar-refractivity contribution in [2.24, 2.45) is 5.92 Å². The number of aliphatic hydroxyl groups excluding tert-OH is 1. The van der Waals surface area contributed by atoms with Crippen LogP contribution in [0.5, 0.6) is 0 Å². The minimum atomic E-state index is 0.0529. The molecule has 16 heavy (non-hydrogen) atoms. The van der Waals surface area contributed by atoms with E-state index in [-0.39, 0.29) is 6.61 Å². The quantitative estimate of drug-likeness (QED) is 0.783. The van der Waals surface area contributed by atoms with Gasteiger partial charge >= 0.3 is 0 Å². The molecule has 4 nitrogen and oxygen atoms in total. The molecule has 0 saturated carbocycles. The Morgan fingerprint density at radius 2 is 2.44 bits per heavy atom. The van der Waals surface area contributed by atoms with Gasteiger partial charge in [-0.25, -0.2) is 0 Å². The van der Waals surface area contributed by atoms with Crippen molar-refractivity contribution in [3.05, 3.63) is 16.7 Å². The van der Waals surface area contributed by atoms with Crippen LogP contribution in [0.1, 0.15) is 19.0 Å². The summed E-state index contributed by atoms with van der Waals surface area (Å²) in [4.78, 5) is 5.45.